The molecule has 1 amide bonds. The van der Waals surface area contributed by atoms with Crippen LogP contribution < -0.4 is 5.73 Å². The van der Waals surface area contributed by atoms with Crippen molar-refractivity contribution in [2.75, 3.05) is 6.54 Å². The van der Waals surface area contributed by atoms with E-state index >= 15 is 0 Å². The summed E-state index contributed by atoms with van der Waals surface area (Å²) in [5.41, 5.74) is 8.54. The fraction of sp³-hybridized carbons (Fsp3) is 0.350. The van der Waals surface area contributed by atoms with Crippen molar-refractivity contribution < 1.29 is 4.79 Å². The van der Waals surface area contributed by atoms with Gasteiger partial charge < -0.3 is 10.6 Å². The maximum absolute atomic E-state index is 12.7. The molecule has 1 fully saturated rings. The summed E-state index contributed by atoms with van der Waals surface area (Å²) in [6.07, 6.45) is 3.49. The van der Waals surface area contributed by atoms with Crippen LogP contribution in [0.1, 0.15) is 36.4 Å². The van der Waals surface area contributed by atoms with Gasteiger partial charge in [-0.3, -0.25) is 4.79 Å². The van der Waals surface area contributed by atoms with Crippen LogP contribution in [0.15, 0.2) is 60.7 Å². The summed E-state index contributed by atoms with van der Waals surface area (Å²) in [5, 5.41) is 0. The van der Waals surface area contributed by atoms with Gasteiger partial charge in [-0.2, -0.15) is 0 Å². The van der Waals surface area contributed by atoms with E-state index in [0.717, 1.165) is 31.4 Å². The number of rotatable bonds is 5. The van der Waals surface area contributed by atoms with Crippen LogP contribution in [0.25, 0.3) is 0 Å². The molecule has 3 nitrogen and oxygen atoms in total. The smallest absolute Gasteiger partial charge is 0.224 e. The molecule has 0 bridgehead atoms. The molecule has 24 heavy (non-hydrogen) atoms. The third-order valence-electron chi connectivity index (χ3n) is 4.63. The molecule has 0 aromatic heterocycles. The highest BCUT2D eigenvalue weighted by molar-refractivity contribution is 5.85. The lowest BCUT2D eigenvalue weighted by atomic mass is 10.0. The number of hydrogen-bond acceptors (Lipinski definition) is 2. The molecule has 2 aromatic carbocycles. The van der Waals surface area contributed by atoms with Crippen LogP contribution in [0, 0.1) is 0 Å². The van der Waals surface area contributed by atoms with Crippen molar-refractivity contribution in [1.29, 1.82) is 0 Å². The summed E-state index contributed by atoms with van der Waals surface area (Å²) in [5.74, 6) is 0.180. The molecular weight excluding hydrogens is 320 g/mol. The van der Waals surface area contributed by atoms with Gasteiger partial charge in [0.1, 0.15) is 0 Å². The molecule has 1 saturated heterocycles. The largest absolute Gasteiger partial charge is 0.339 e. The minimum atomic E-state index is -0.221. The van der Waals surface area contributed by atoms with E-state index in [-0.39, 0.29) is 24.4 Å². The standard InChI is InChI=1S/C20H24N2O.ClH/c21-19(17-10-5-2-6-11-17)15-20(23)22-13-7-12-18(22)14-16-8-3-1-4-9-16;/h1-6,8-11,18-19H,7,12-15,21H2;1H. The quantitative estimate of drug-likeness (QED) is 0.898. The molecule has 2 aromatic rings. The molecule has 1 aliphatic rings. The molecule has 2 unspecified atom stereocenters. The molecule has 0 saturated carbocycles. The van der Waals surface area contributed by atoms with Gasteiger partial charge in [0.05, 0.1) is 0 Å². The van der Waals surface area contributed by atoms with Gasteiger partial charge >= 0.3 is 0 Å². The van der Waals surface area contributed by atoms with Crippen LogP contribution in [-0.4, -0.2) is 23.4 Å². The zero-order chi connectivity index (χ0) is 16.1. The first-order valence-corrected chi connectivity index (χ1v) is 8.38. The summed E-state index contributed by atoms with van der Waals surface area (Å²) in [7, 11) is 0. The summed E-state index contributed by atoms with van der Waals surface area (Å²) >= 11 is 0. The lowest BCUT2D eigenvalue weighted by Crippen LogP contribution is -2.38. The van der Waals surface area contributed by atoms with Gasteiger partial charge in [-0.15, -0.1) is 12.4 Å². The third-order valence-corrected chi connectivity index (χ3v) is 4.63. The highest BCUT2D eigenvalue weighted by atomic mass is 35.5. The number of carbonyl (C=O) groups excluding carboxylic acids is 1. The lowest BCUT2D eigenvalue weighted by Gasteiger charge is -2.26. The van der Waals surface area contributed by atoms with Gasteiger partial charge in [0.25, 0.3) is 0 Å². The fourth-order valence-electron chi connectivity index (χ4n) is 3.39. The number of likely N-dealkylation sites (tertiary alicyclic amines) is 1. The second-order valence-electron chi connectivity index (χ2n) is 6.29. The Balaban J connectivity index is 0.00000208. The summed E-state index contributed by atoms with van der Waals surface area (Å²) in [6.45, 7) is 0.859. The Labute approximate surface area is 150 Å². The summed E-state index contributed by atoms with van der Waals surface area (Å²) in [4.78, 5) is 14.7. The third kappa shape index (κ3) is 4.59. The van der Waals surface area contributed by atoms with Gasteiger partial charge in [0.2, 0.25) is 5.91 Å². The SMILES string of the molecule is Cl.NC(CC(=O)N1CCCC1Cc1ccccc1)c1ccccc1. The minimum absolute atomic E-state index is 0. The number of halogens is 1. The number of benzene rings is 2. The Morgan fingerprint density at radius 3 is 2.38 bits per heavy atom. The van der Waals surface area contributed by atoms with E-state index in [2.05, 4.69) is 24.3 Å². The van der Waals surface area contributed by atoms with Gasteiger partial charge in [-0.05, 0) is 30.4 Å². The normalized spacial score (nSPS) is 18.0. The summed E-state index contributed by atoms with van der Waals surface area (Å²) in [6, 6.07) is 20.4. The minimum Gasteiger partial charge on any atom is -0.339 e. The molecule has 4 heteroatoms. The molecule has 1 heterocycles. The Hall–Kier alpha value is -1.84. The number of hydrogen-bond donors (Lipinski definition) is 1. The van der Waals surface area contributed by atoms with Gasteiger partial charge in [-0.25, -0.2) is 0 Å². The predicted molar refractivity (Wildman–Crippen MR) is 100 cm³/mol. The van der Waals surface area contributed by atoms with E-state index in [0.29, 0.717) is 12.5 Å². The van der Waals surface area contributed by atoms with Crippen molar-refractivity contribution in [3.8, 4) is 0 Å². The Bertz CT molecular complexity index is 633. The molecule has 128 valence electrons. The molecule has 0 radical (unpaired) electrons. The van der Waals surface area contributed by atoms with Crippen molar-refractivity contribution in [1.82, 2.24) is 4.90 Å². The maximum Gasteiger partial charge on any atom is 0.224 e. The maximum atomic E-state index is 12.7. The highest BCUT2D eigenvalue weighted by Gasteiger charge is 2.29. The van der Waals surface area contributed by atoms with Crippen LogP contribution in [-0.2, 0) is 11.2 Å². The average Bonchev–Trinajstić information content (AvgIpc) is 3.05. The van der Waals surface area contributed by atoms with E-state index in [1.165, 1.54) is 5.56 Å². The monoisotopic (exact) mass is 344 g/mol. The average molecular weight is 345 g/mol. The van der Waals surface area contributed by atoms with Gasteiger partial charge in [-0.1, -0.05) is 60.7 Å². The molecule has 2 N–H and O–H groups in total. The summed E-state index contributed by atoms with van der Waals surface area (Å²) < 4.78 is 0. The van der Waals surface area contributed by atoms with Crippen molar-refractivity contribution in [2.24, 2.45) is 5.73 Å². The molecule has 1 aliphatic heterocycles. The molecule has 0 aliphatic carbocycles. The van der Waals surface area contributed by atoms with Gasteiger partial charge in [0.15, 0.2) is 0 Å². The van der Waals surface area contributed by atoms with Gasteiger partial charge in [0, 0.05) is 25.0 Å². The zero-order valence-electron chi connectivity index (χ0n) is 13.8. The number of nitrogens with zero attached hydrogens (tertiary/aromatic N) is 1. The second-order valence-corrected chi connectivity index (χ2v) is 6.29. The van der Waals surface area contributed by atoms with Crippen LogP contribution in [0.4, 0.5) is 0 Å². The first-order valence-electron chi connectivity index (χ1n) is 8.38. The fourth-order valence-corrected chi connectivity index (χ4v) is 3.39. The molecule has 3 rings (SSSR count). The van der Waals surface area contributed by atoms with Crippen LogP contribution in [0.5, 0.6) is 0 Å². The van der Waals surface area contributed by atoms with E-state index in [1.807, 2.05) is 41.3 Å². The van der Waals surface area contributed by atoms with Crippen molar-refractivity contribution in [3.63, 3.8) is 0 Å². The molecule has 2 atom stereocenters. The van der Waals surface area contributed by atoms with E-state index in [1.54, 1.807) is 0 Å². The Morgan fingerprint density at radius 2 is 1.71 bits per heavy atom. The van der Waals surface area contributed by atoms with Crippen molar-refractivity contribution >= 4 is 18.3 Å². The lowest BCUT2D eigenvalue weighted by molar-refractivity contribution is -0.132. The van der Waals surface area contributed by atoms with E-state index in [9.17, 15) is 4.79 Å². The second kappa shape index (κ2) is 8.86. The highest BCUT2D eigenvalue weighted by Crippen LogP contribution is 2.24. The predicted octanol–water partition coefficient (Wildman–Crippen LogP) is 3.73. The zero-order valence-corrected chi connectivity index (χ0v) is 14.6. The number of carbonyl (C=O) groups is 1. The first-order chi connectivity index (χ1) is 11.2. The number of amides is 1. The Morgan fingerprint density at radius 1 is 1.08 bits per heavy atom. The van der Waals surface area contributed by atoms with Crippen molar-refractivity contribution in [2.45, 2.75) is 37.8 Å². The Kier molecular flexibility index (Phi) is 6.83. The van der Waals surface area contributed by atoms with Crippen LogP contribution in [0.3, 0.4) is 0 Å². The number of nitrogens with two attached hydrogens (primary N) is 1. The van der Waals surface area contributed by atoms with Crippen LogP contribution >= 0.6 is 12.4 Å². The van der Waals surface area contributed by atoms with E-state index in [4.69, 9.17) is 5.73 Å². The van der Waals surface area contributed by atoms with Crippen molar-refractivity contribution in [3.05, 3.63) is 71.8 Å². The molecule has 0 spiro atoms. The topological polar surface area (TPSA) is 46.3 Å². The molecular formula is C20H25ClN2O. The first kappa shape index (κ1) is 18.5. The van der Waals surface area contributed by atoms with Crippen LogP contribution in [0.2, 0.25) is 0 Å². The van der Waals surface area contributed by atoms with E-state index < -0.39 is 0 Å².